The van der Waals surface area contributed by atoms with E-state index in [1.54, 1.807) is 0 Å². The van der Waals surface area contributed by atoms with Crippen LogP contribution in [0.15, 0.2) is 0 Å². The molecule has 0 bridgehead atoms. The van der Waals surface area contributed by atoms with Gasteiger partial charge in [-0.2, -0.15) is 0 Å². The van der Waals surface area contributed by atoms with Crippen molar-refractivity contribution in [1.82, 2.24) is 4.86 Å². The second-order valence-electron chi connectivity index (χ2n) is 13.3. The average Bonchev–Trinajstić information content (AvgIpc) is 2.95. The third kappa shape index (κ3) is 28.5. The first-order valence-electron chi connectivity index (χ1n) is 18.9. The maximum absolute atomic E-state index is 6.65. The van der Waals surface area contributed by atoms with E-state index in [0.717, 1.165) is 0 Å². The fraction of sp³-hybridized carbons (Fsp3) is 1.00. The number of rotatable bonds is 34. The Kier molecular flexibility index (Phi) is 32.2. The summed E-state index contributed by atoms with van der Waals surface area (Å²) in [5.41, 5.74) is 0. The molecule has 0 saturated carbocycles. The zero-order valence-corrected chi connectivity index (χ0v) is 32.3. The van der Waals surface area contributed by atoms with E-state index >= 15 is 0 Å². The predicted molar refractivity (Wildman–Crippen MR) is 203 cm³/mol. The van der Waals surface area contributed by atoms with Crippen molar-refractivity contribution in [3.63, 3.8) is 0 Å². The summed E-state index contributed by atoms with van der Waals surface area (Å²) in [5, 5.41) is 0. The summed E-state index contributed by atoms with van der Waals surface area (Å²) < 4.78 is 0. The van der Waals surface area contributed by atoms with Gasteiger partial charge in [0.15, 0.2) is 0 Å². The van der Waals surface area contributed by atoms with Crippen LogP contribution in [0.4, 0.5) is 0 Å². The molecule has 41 heavy (non-hydrogen) atoms. The highest BCUT2D eigenvalue weighted by Crippen LogP contribution is 2.57. The second kappa shape index (κ2) is 31.3. The summed E-state index contributed by atoms with van der Waals surface area (Å²) in [6.07, 6.45) is 40.6. The Labute approximate surface area is 271 Å². The molecule has 0 unspecified atom stereocenters. The Morgan fingerprint density at radius 1 is 0.293 bits per heavy atom. The van der Waals surface area contributed by atoms with E-state index in [2.05, 4.69) is 32.6 Å². The normalized spacial score (nSPS) is 12.4. The lowest BCUT2D eigenvalue weighted by Gasteiger charge is -2.33. The molecule has 0 rings (SSSR count). The zero-order valence-electron chi connectivity index (χ0n) is 28.8. The van der Waals surface area contributed by atoms with Gasteiger partial charge in [0.25, 0.3) is 0 Å². The molecule has 5 heteroatoms. The van der Waals surface area contributed by atoms with Crippen molar-refractivity contribution >= 4 is 36.0 Å². The largest absolute Gasteiger partial charge is 0.259 e. The summed E-state index contributed by atoms with van der Waals surface area (Å²) in [6, 6.07) is 0. The van der Waals surface area contributed by atoms with Crippen LogP contribution in [0, 0.1) is 0 Å². The molecule has 0 spiro atoms. The van der Waals surface area contributed by atoms with Crippen LogP contribution in [0.1, 0.15) is 207 Å². The third-order valence-corrected chi connectivity index (χ3v) is 19.6. The SMILES string of the molecule is CCCCCCCCCP(=S)(CCCCCCCCC)NP(=S)(CCCCCCCCC)CCCCCCCCC. The number of hydrogen-bond acceptors (Lipinski definition) is 2. The van der Waals surface area contributed by atoms with Gasteiger partial charge >= 0.3 is 0 Å². The van der Waals surface area contributed by atoms with Crippen LogP contribution in [0.3, 0.4) is 0 Å². The monoisotopic (exact) mass is 649 g/mol. The van der Waals surface area contributed by atoms with E-state index < -0.39 is 12.4 Å². The number of nitrogens with one attached hydrogen (secondary N) is 1. The first-order chi connectivity index (χ1) is 19.9. The van der Waals surface area contributed by atoms with Gasteiger partial charge in [0.05, 0.1) is 0 Å². The van der Waals surface area contributed by atoms with Crippen molar-refractivity contribution in [1.29, 1.82) is 0 Å². The van der Waals surface area contributed by atoms with Crippen LogP contribution < -0.4 is 4.86 Å². The van der Waals surface area contributed by atoms with Gasteiger partial charge in [0.1, 0.15) is 0 Å². The van der Waals surface area contributed by atoms with Crippen LogP contribution in [-0.2, 0) is 23.6 Å². The van der Waals surface area contributed by atoms with Crippen LogP contribution >= 0.6 is 12.4 Å². The van der Waals surface area contributed by atoms with E-state index in [9.17, 15) is 0 Å². The van der Waals surface area contributed by atoms with E-state index in [1.807, 2.05) is 0 Å². The lowest BCUT2D eigenvalue weighted by atomic mass is 10.1. The third-order valence-electron chi connectivity index (χ3n) is 8.86. The Balaban J connectivity index is 5.08. The van der Waals surface area contributed by atoms with Crippen molar-refractivity contribution < 1.29 is 0 Å². The Morgan fingerprint density at radius 3 is 0.659 bits per heavy atom. The molecule has 0 aromatic rings. The van der Waals surface area contributed by atoms with Crippen molar-refractivity contribution in [2.24, 2.45) is 0 Å². The quantitative estimate of drug-likeness (QED) is 0.0550. The summed E-state index contributed by atoms with van der Waals surface area (Å²) in [4.78, 5) is 4.30. The molecule has 0 aromatic carbocycles. The molecule has 0 fully saturated rings. The standard InChI is InChI=1S/C36H77NP2S2/c1-5-9-13-17-21-25-29-33-38(40,34-30-26-22-18-14-10-6-2)37-39(41,35-31-27-23-19-15-11-7-3)36-32-28-24-20-16-12-8-4/h5-36H2,1-4H3,(H,37,40,41). The van der Waals surface area contributed by atoms with Crippen molar-refractivity contribution in [2.75, 3.05) is 24.6 Å². The van der Waals surface area contributed by atoms with E-state index in [0.29, 0.717) is 0 Å². The minimum absolute atomic E-state index is 1.26. The van der Waals surface area contributed by atoms with Gasteiger partial charge in [-0.05, 0) is 50.3 Å². The van der Waals surface area contributed by atoms with Crippen LogP contribution in [0.5, 0.6) is 0 Å². The molecule has 248 valence electrons. The van der Waals surface area contributed by atoms with Crippen molar-refractivity contribution in [3.8, 4) is 0 Å². The average molecular weight is 650 g/mol. The molecular formula is C36H77NP2S2. The maximum Gasteiger partial charge on any atom is 0.0164 e. The molecule has 0 heterocycles. The molecule has 1 N–H and O–H groups in total. The molecule has 0 saturated heterocycles. The van der Waals surface area contributed by atoms with Crippen LogP contribution in [0.25, 0.3) is 0 Å². The number of unbranched alkanes of at least 4 members (excludes halogenated alkanes) is 24. The Morgan fingerprint density at radius 2 is 0.463 bits per heavy atom. The maximum atomic E-state index is 6.65. The highest BCUT2D eigenvalue weighted by atomic mass is 32.5. The van der Waals surface area contributed by atoms with Crippen molar-refractivity contribution in [3.05, 3.63) is 0 Å². The molecule has 1 nitrogen and oxygen atoms in total. The van der Waals surface area contributed by atoms with Crippen LogP contribution in [-0.4, -0.2) is 24.6 Å². The van der Waals surface area contributed by atoms with E-state index in [4.69, 9.17) is 23.6 Å². The zero-order chi connectivity index (χ0) is 30.3. The summed E-state index contributed by atoms with van der Waals surface area (Å²) in [5.74, 6) is 0. The van der Waals surface area contributed by atoms with Gasteiger partial charge in [-0.15, -0.1) is 0 Å². The Bertz CT molecular complexity index is 529. The fourth-order valence-electron chi connectivity index (χ4n) is 6.05. The summed E-state index contributed by atoms with van der Waals surface area (Å²) in [6.45, 7) is 9.26. The first kappa shape index (κ1) is 42.3. The molecule has 0 radical (unpaired) electrons. The van der Waals surface area contributed by atoms with E-state index in [-0.39, 0.29) is 0 Å². The molecule has 0 aromatic heterocycles. The van der Waals surface area contributed by atoms with Gasteiger partial charge in [-0.1, -0.05) is 205 Å². The molecule has 0 aliphatic heterocycles. The van der Waals surface area contributed by atoms with Gasteiger partial charge in [0.2, 0.25) is 0 Å². The minimum atomic E-state index is -1.58. The summed E-state index contributed by atoms with van der Waals surface area (Å²) in [7, 11) is 0. The smallest absolute Gasteiger partial charge is 0.0164 e. The van der Waals surface area contributed by atoms with Gasteiger partial charge < -0.3 is 0 Å². The lowest BCUT2D eigenvalue weighted by molar-refractivity contribution is 0.599. The van der Waals surface area contributed by atoms with E-state index in [1.165, 1.54) is 204 Å². The molecular weight excluding hydrogens is 572 g/mol. The molecule has 0 aliphatic carbocycles. The second-order valence-corrected chi connectivity index (χ2v) is 23.6. The summed E-state index contributed by atoms with van der Waals surface area (Å²) >= 11 is 13.3. The van der Waals surface area contributed by atoms with Crippen molar-refractivity contribution in [2.45, 2.75) is 207 Å². The topological polar surface area (TPSA) is 12.0 Å². The van der Waals surface area contributed by atoms with Gasteiger partial charge in [-0.3, -0.25) is 4.86 Å². The minimum Gasteiger partial charge on any atom is -0.259 e. The fourth-order valence-corrected chi connectivity index (χ4v) is 18.5. The highest BCUT2D eigenvalue weighted by molar-refractivity contribution is 8.22. The molecule has 0 aliphatic rings. The number of hydrogen-bond donors (Lipinski definition) is 1. The Hall–Kier alpha value is 1.26. The van der Waals surface area contributed by atoms with Gasteiger partial charge in [0, 0.05) is 12.4 Å². The van der Waals surface area contributed by atoms with Gasteiger partial charge in [-0.25, -0.2) is 0 Å². The first-order valence-corrected chi connectivity index (χ1v) is 25.3. The van der Waals surface area contributed by atoms with Crippen LogP contribution in [0.2, 0.25) is 0 Å². The predicted octanol–water partition coefficient (Wildman–Crippen LogP) is 14.4. The molecule has 0 atom stereocenters. The highest BCUT2D eigenvalue weighted by Gasteiger charge is 2.25. The lowest BCUT2D eigenvalue weighted by Crippen LogP contribution is -2.17. The molecule has 0 amide bonds.